The molecule has 1 aromatic rings. The fraction of sp³-hybridized carbons (Fsp3) is 0.600. The average molecular weight is 411 g/mol. The minimum Gasteiger partial charge on any atom is -0.489 e. The van der Waals surface area contributed by atoms with Gasteiger partial charge in [0.1, 0.15) is 6.61 Å². The minimum atomic E-state index is -1.05. The van der Waals surface area contributed by atoms with E-state index in [2.05, 4.69) is 10.0 Å². The smallest absolute Gasteiger partial charge is 0.333 e. The highest BCUT2D eigenvalue weighted by atomic mass is 19.2. The number of methoxy groups -OCH3 is 1. The minimum absolute atomic E-state index is 0.0119. The van der Waals surface area contributed by atoms with Crippen LogP contribution in [0.25, 0.3) is 0 Å². The lowest BCUT2D eigenvalue weighted by molar-refractivity contribution is -0.152. The van der Waals surface area contributed by atoms with Gasteiger partial charge >= 0.3 is 5.97 Å². The van der Waals surface area contributed by atoms with Gasteiger partial charge in [0.05, 0.1) is 26.5 Å². The maximum Gasteiger partial charge on any atom is 0.333 e. The molecule has 1 atom stereocenters. The first-order valence-electron chi connectivity index (χ1n) is 9.76. The van der Waals surface area contributed by atoms with Gasteiger partial charge in [-0.2, -0.15) is 9.49 Å². The summed E-state index contributed by atoms with van der Waals surface area (Å²) in [5.41, 5.74) is -0.912. The number of halogens is 2. The summed E-state index contributed by atoms with van der Waals surface area (Å²) in [6.45, 7) is 6.09. The summed E-state index contributed by atoms with van der Waals surface area (Å²) in [5.74, 6) is -2.61. The van der Waals surface area contributed by atoms with Gasteiger partial charge in [0.25, 0.3) is 0 Å². The van der Waals surface area contributed by atoms with Gasteiger partial charge in [-0.1, -0.05) is 0 Å². The normalized spacial score (nSPS) is 23.0. The molecule has 0 N–H and O–H groups in total. The van der Waals surface area contributed by atoms with Crippen molar-refractivity contribution in [1.29, 1.82) is 0 Å². The van der Waals surface area contributed by atoms with E-state index < -0.39 is 23.1 Å². The Bertz CT molecular complexity index is 755. The van der Waals surface area contributed by atoms with Gasteiger partial charge in [-0.05, 0) is 31.9 Å². The molecule has 1 aromatic carbocycles. The Hall–Kier alpha value is -2.26. The number of esters is 1. The van der Waals surface area contributed by atoms with E-state index in [4.69, 9.17) is 14.2 Å². The van der Waals surface area contributed by atoms with Crippen LogP contribution in [0.4, 0.5) is 8.78 Å². The molecule has 0 radical (unpaired) electrons. The Morgan fingerprint density at radius 3 is 2.76 bits per heavy atom. The molecule has 0 unspecified atom stereocenters. The number of carbonyl (C=O) groups excluding carboxylic acids is 1. The molecule has 3 rings (SSSR count). The van der Waals surface area contributed by atoms with Crippen LogP contribution < -0.4 is 4.74 Å². The summed E-state index contributed by atoms with van der Waals surface area (Å²) < 4.78 is 44.4. The molecule has 0 amide bonds. The lowest BCUT2D eigenvalue weighted by atomic mass is 10.0. The summed E-state index contributed by atoms with van der Waals surface area (Å²) in [4.78, 5) is 14.2. The number of nitrogens with zero attached hydrogens (tertiary/aromatic N) is 3. The zero-order chi connectivity index (χ0) is 20.9. The highest BCUT2D eigenvalue weighted by Crippen LogP contribution is 2.30. The van der Waals surface area contributed by atoms with Crippen LogP contribution in [0, 0.1) is 11.6 Å². The molecular weight excluding hydrogens is 384 g/mol. The molecule has 29 heavy (non-hydrogen) atoms. The van der Waals surface area contributed by atoms with Crippen LogP contribution in [-0.2, 0) is 14.3 Å². The van der Waals surface area contributed by atoms with E-state index in [0.29, 0.717) is 32.7 Å². The summed E-state index contributed by atoms with van der Waals surface area (Å²) in [5, 5.41) is 5.77. The lowest BCUT2D eigenvalue weighted by Crippen LogP contribution is -2.45. The molecular formula is C20H27F2N3O4. The topological polar surface area (TPSA) is 63.6 Å². The fourth-order valence-electron chi connectivity index (χ4n) is 3.56. The second-order valence-electron chi connectivity index (χ2n) is 7.32. The Kier molecular flexibility index (Phi) is 7.02. The van der Waals surface area contributed by atoms with Crippen molar-refractivity contribution in [2.24, 2.45) is 5.10 Å². The van der Waals surface area contributed by atoms with Gasteiger partial charge in [0, 0.05) is 31.7 Å². The summed E-state index contributed by atoms with van der Waals surface area (Å²) >= 11 is 0. The largest absolute Gasteiger partial charge is 0.489 e. The van der Waals surface area contributed by atoms with Crippen molar-refractivity contribution in [2.45, 2.75) is 25.3 Å². The molecule has 0 bridgehead atoms. The maximum absolute atomic E-state index is 14.5. The first-order valence-corrected chi connectivity index (χ1v) is 9.76. The average Bonchev–Trinajstić information content (AvgIpc) is 3.12. The molecule has 0 spiro atoms. The number of carbonyl (C=O) groups is 1. The number of morpholine rings is 1. The predicted octanol–water partition coefficient (Wildman–Crippen LogP) is 2.04. The third-order valence-electron chi connectivity index (χ3n) is 5.41. The number of ether oxygens (including phenoxy) is 3. The quantitative estimate of drug-likeness (QED) is 0.506. The van der Waals surface area contributed by atoms with Crippen LogP contribution in [0.3, 0.4) is 0 Å². The third-order valence-corrected chi connectivity index (χ3v) is 5.41. The molecule has 2 saturated heterocycles. The SMILES string of the molecule is COC(=O)[C@@]1(C)CCCN1N=Cc1ccc(OCCN2CCOCC2)c(F)c1F. The van der Waals surface area contributed by atoms with Gasteiger partial charge in [0.2, 0.25) is 5.82 Å². The standard InChI is InChI=1S/C20H27F2N3O4/c1-20(19(26)27-2)6-3-7-25(20)23-14-15-4-5-16(18(22)17(15)21)29-13-10-24-8-11-28-12-9-24/h4-5,14H,3,6-13H2,1-2H3/t20-/m1/s1. The summed E-state index contributed by atoms with van der Waals surface area (Å²) in [7, 11) is 1.32. The number of hydrogen-bond donors (Lipinski definition) is 0. The first-order chi connectivity index (χ1) is 14.0. The Labute approximate surface area is 169 Å². The van der Waals surface area contributed by atoms with Crippen LogP contribution in [0.5, 0.6) is 5.75 Å². The molecule has 2 aliphatic heterocycles. The Balaban J connectivity index is 1.63. The lowest BCUT2D eigenvalue weighted by Gasteiger charge is -2.29. The van der Waals surface area contributed by atoms with Crippen LogP contribution >= 0.6 is 0 Å². The van der Waals surface area contributed by atoms with Crippen molar-refractivity contribution in [2.75, 3.05) is 53.1 Å². The fourth-order valence-corrected chi connectivity index (χ4v) is 3.56. The summed E-state index contributed by atoms with van der Waals surface area (Å²) in [6, 6.07) is 2.81. The third kappa shape index (κ3) is 4.84. The molecule has 7 nitrogen and oxygen atoms in total. The van der Waals surface area contributed by atoms with Crippen molar-refractivity contribution < 1.29 is 27.8 Å². The van der Waals surface area contributed by atoms with E-state index in [-0.39, 0.29) is 17.9 Å². The Morgan fingerprint density at radius 1 is 1.28 bits per heavy atom. The maximum atomic E-state index is 14.5. The van der Waals surface area contributed by atoms with Gasteiger partial charge in [-0.15, -0.1) is 0 Å². The number of rotatable bonds is 7. The molecule has 0 aliphatic carbocycles. The van der Waals surface area contributed by atoms with E-state index in [1.165, 1.54) is 25.5 Å². The summed E-state index contributed by atoms with van der Waals surface area (Å²) in [6.07, 6.45) is 2.57. The highest BCUT2D eigenvalue weighted by Gasteiger charge is 2.44. The monoisotopic (exact) mass is 411 g/mol. The number of hydrogen-bond acceptors (Lipinski definition) is 7. The predicted molar refractivity (Wildman–Crippen MR) is 103 cm³/mol. The van der Waals surface area contributed by atoms with Crippen LogP contribution in [-0.4, -0.2) is 80.7 Å². The van der Waals surface area contributed by atoms with E-state index in [1.54, 1.807) is 11.9 Å². The molecule has 9 heteroatoms. The van der Waals surface area contributed by atoms with Gasteiger partial charge < -0.3 is 14.2 Å². The van der Waals surface area contributed by atoms with E-state index >= 15 is 0 Å². The van der Waals surface area contributed by atoms with Crippen molar-refractivity contribution >= 4 is 12.2 Å². The molecule has 2 fully saturated rings. The van der Waals surface area contributed by atoms with Gasteiger partial charge in [0.15, 0.2) is 17.1 Å². The van der Waals surface area contributed by atoms with Gasteiger partial charge in [-0.3, -0.25) is 9.91 Å². The van der Waals surface area contributed by atoms with E-state index in [9.17, 15) is 13.6 Å². The highest BCUT2D eigenvalue weighted by molar-refractivity contribution is 5.82. The van der Waals surface area contributed by atoms with Crippen molar-refractivity contribution in [1.82, 2.24) is 9.91 Å². The van der Waals surface area contributed by atoms with Crippen LogP contribution in [0.2, 0.25) is 0 Å². The number of hydrazone groups is 1. The van der Waals surface area contributed by atoms with Crippen LogP contribution in [0.15, 0.2) is 17.2 Å². The van der Waals surface area contributed by atoms with E-state index in [1.807, 2.05) is 0 Å². The molecule has 2 aliphatic rings. The molecule has 0 saturated carbocycles. The van der Waals surface area contributed by atoms with Crippen molar-refractivity contribution in [3.05, 3.63) is 29.3 Å². The van der Waals surface area contributed by atoms with E-state index in [0.717, 1.165) is 19.5 Å². The van der Waals surface area contributed by atoms with Crippen LogP contribution in [0.1, 0.15) is 25.3 Å². The first kappa shape index (κ1) is 21.4. The second kappa shape index (κ2) is 9.49. The zero-order valence-electron chi connectivity index (χ0n) is 16.8. The molecule has 0 aromatic heterocycles. The van der Waals surface area contributed by atoms with Crippen molar-refractivity contribution in [3.63, 3.8) is 0 Å². The molecule has 2 heterocycles. The van der Waals surface area contributed by atoms with Crippen molar-refractivity contribution in [3.8, 4) is 5.75 Å². The number of benzene rings is 1. The molecule has 160 valence electrons. The Morgan fingerprint density at radius 2 is 2.03 bits per heavy atom. The second-order valence-corrected chi connectivity index (χ2v) is 7.32. The van der Waals surface area contributed by atoms with Gasteiger partial charge in [-0.25, -0.2) is 9.18 Å². The zero-order valence-corrected chi connectivity index (χ0v) is 16.8.